The number of halogens is 1. The quantitative estimate of drug-likeness (QED) is 0.826. The number of amides is 1. The van der Waals surface area contributed by atoms with Gasteiger partial charge in [-0.25, -0.2) is 0 Å². The minimum Gasteiger partial charge on any atom is -0.326 e. The zero-order chi connectivity index (χ0) is 12.3. The molecule has 0 radical (unpaired) electrons. The third-order valence-electron chi connectivity index (χ3n) is 3.35. The van der Waals surface area contributed by atoms with Gasteiger partial charge in [-0.3, -0.25) is 4.79 Å². The second kappa shape index (κ2) is 5.67. The maximum atomic E-state index is 11.9. The van der Waals surface area contributed by atoms with Crippen molar-refractivity contribution in [3.05, 3.63) is 29.8 Å². The summed E-state index contributed by atoms with van der Waals surface area (Å²) in [6.45, 7) is 2.02. The third kappa shape index (κ3) is 3.56. The number of aryl methyl sites for hydroxylation is 1. The molecule has 0 saturated heterocycles. The number of carbonyl (C=O) groups is 1. The average Bonchev–Trinajstić information content (AvgIpc) is 3.15. The van der Waals surface area contributed by atoms with Crippen molar-refractivity contribution in [2.45, 2.75) is 26.2 Å². The van der Waals surface area contributed by atoms with Gasteiger partial charge in [-0.1, -0.05) is 35.0 Å². The Labute approximate surface area is 111 Å². The van der Waals surface area contributed by atoms with Crippen LogP contribution in [0.1, 0.15) is 25.3 Å². The van der Waals surface area contributed by atoms with E-state index in [1.807, 2.05) is 19.1 Å². The van der Waals surface area contributed by atoms with E-state index < -0.39 is 0 Å². The van der Waals surface area contributed by atoms with Gasteiger partial charge in [0.1, 0.15) is 0 Å². The molecule has 2 rings (SSSR count). The molecule has 1 aromatic carbocycles. The zero-order valence-electron chi connectivity index (χ0n) is 10.1. The Morgan fingerprint density at radius 2 is 2.06 bits per heavy atom. The van der Waals surface area contributed by atoms with Crippen LogP contribution in [0.2, 0.25) is 0 Å². The number of benzene rings is 1. The highest BCUT2D eigenvalue weighted by atomic mass is 79.9. The van der Waals surface area contributed by atoms with E-state index >= 15 is 0 Å². The molecule has 1 aromatic rings. The van der Waals surface area contributed by atoms with E-state index in [1.54, 1.807) is 0 Å². The molecule has 0 aliphatic heterocycles. The molecular weight excluding hydrogens is 278 g/mol. The molecule has 1 N–H and O–H groups in total. The van der Waals surface area contributed by atoms with Gasteiger partial charge in [-0.15, -0.1) is 0 Å². The molecule has 0 spiro atoms. The molecule has 1 aliphatic rings. The van der Waals surface area contributed by atoms with E-state index in [2.05, 4.69) is 33.4 Å². The van der Waals surface area contributed by atoms with Crippen LogP contribution in [0.5, 0.6) is 0 Å². The largest absolute Gasteiger partial charge is 0.326 e. The zero-order valence-corrected chi connectivity index (χ0v) is 11.7. The van der Waals surface area contributed by atoms with E-state index in [4.69, 9.17) is 0 Å². The monoisotopic (exact) mass is 295 g/mol. The normalized spacial score (nSPS) is 16.6. The smallest absolute Gasteiger partial charge is 0.227 e. The van der Waals surface area contributed by atoms with Crippen molar-refractivity contribution in [3.8, 4) is 0 Å². The van der Waals surface area contributed by atoms with Crippen LogP contribution in [0.15, 0.2) is 24.3 Å². The van der Waals surface area contributed by atoms with Crippen molar-refractivity contribution in [1.29, 1.82) is 0 Å². The van der Waals surface area contributed by atoms with Gasteiger partial charge in [0.25, 0.3) is 0 Å². The number of carbonyl (C=O) groups excluding carboxylic acids is 1. The molecule has 3 heteroatoms. The summed E-state index contributed by atoms with van der Waals surface area (Å²) >= 11 is 3.42. The van der Waals surface area contributed by atoms with Gasteiger partial charge in [0, 0.05) is 16.9 Å². The third-order valence-corrected chi connectivity index (χ3v) is 3.74. The number of anilines is 1. The lowest BCUT2D eigenvalue weighted by Crippen LogP contribution is -2.21. The second-order valence-electron chi connectivity index (χ2n) is 4.75. The predicted molar refractivity (Wildman–Crippen MR) is 74.5 cm³/mol. The average molecular weight is 296 g/mol. The van der Waals surface area contributed by atoms with Gasteiger partial charge in [0.2, 0.25) is 5.91 Å². The van der Waals surface area contributed by atoms with Crippen LogP contribution in [0.25, 0.3) is 0 Å². The fourth-order valence-electron chi connectivity index (χ4n) is 1.93. The first-order valence-corrected chi connectivity index (χ1v) is 7.28. The van der Waals surface area contributed by atoms with Gasteiger partial charge < -0.3 is 5.32 Å². The van der Waals surface area contributed by atoms with E-state index in [0.717, 1.165) is 17.4 Å². The minimum atomic E-state index is 0.150. The number of rotatable bonds is 5. The van der Waals surface area contributed by atoms with Crippen molar-refractivity contribution < 1.29 is 4.79 Å². The van der Waals surface area contributed by atoms with Crippen molar-refractivity contribution in [2.24, 2.45) is 11.8 Å². The Morgan fingerprint density at radius 1 is 1.41 bits per heavy atom. The van der Waals surface area contributed by atoms with Gasteiger partial charge in [0.05, 0.1) is 0 Å². The van der Waals surface area contributed by atoms with Crippen LogP contribution < -0.4 is 5.32 Å². The summed E-state index contributed by atoms with van der Waals surface area (Å²) in [7, 11) is 0. The molecular formula is C14H18BrNO. The topological polar surface area (TPSA) is 29.1 Å². The van der Waals surface area contributed by atoms with Crippen LogP contribution in [-0.2, 0) is 11.2 Å². The molecule has 1 fully saturated rings. The van der Waals surface area contributed by atoms with Crippen molar-refractivity contribution in [1.82, 2.24) is 0 Å². The van der Waals surface area contributed by atoms with Crippen LogP contribution >= 0.6 is 15.9 Å². The Morgan fingerprint density at radius 3 is 2.59 bits per heavy atom. The summed E-state index contributed by atoms with van der Waals surface area (Å²) in [5.74, 6) is 0.917. The Balaban J connectivity index is 1.91. The first kappa shape index (κ1) is 12.6. The minimum absolute atomic E-state index is 0.150. The number of hydrogen-bond donors (Lipinski definition) is 1. The number of nitrogens with one attached hydrogen (secondary N) is 1. The summed E-state index contributed by atoms with van der Waals surface area (Å²) in [4.78, 5) is 11.9. The van der Waals surface area contributed by atoms with Crippen LogP contribution in [0.4, 0.5) is 5.69 Å². The number of alkyl halides is 1. The van der Waals surface area contributed by atoms with Crippen LogP contribution in [0, 0.1) is 11.8 Å². The van der Waals surface area contributed by atoms with Crippen molar-refractivity contribution in [2.75, 3.05) is 10.6 Å². The first-order chi connectivity index (χ1) is 8.20. The molecule has 0 bridgehead atoms. The molecule has 17 heavy (non-hydrogen) atoms. The second-order valence-corrected chi connectivity index (χ2v) is 5.54. The molecule has 1 aliphatic carbocycles. The first-order valence-electron chi connectivity index (χ1n) is 6.16. The summed E-state index contributed by atoms with van der Waals surface area (Å²) < 4.78 is 0. The molecule has 1 atom stereocenters. The lowest BCUT2D eigenvalue weighted by Gasteiger charge is -2.11. The highest BCUT2D eigenvalue weighted by Gasteiger charge is 2.32. The maximum absolute atomic E-state index is 11.9. The maximum Gasteiger partial charge on any atom is 0.227 e. The molecule has 1 unspecified atom stereocenters. The SMILES string of the molecule is CC(C(=O)Nc1ccc(CCBr)cc1)C1CC1. The highest BCUT2D eigenvalue weighted by molar-refractivity contribution is 9.09. The van der Waals surface area contributed by atoms with E-state index in [0.29, 0.717) is 5.92 Å². The standard InChI is InChI=1S/C14H18BrNO/c1-10(12-4-5-12)14(17)16-13-6-2-11(3-7-13)8-9-15/h2-3,6-7,10,12H,4-5,8-9H2,1H3,(H,16,17). The van der Waals surface area contributed by atoms with E-state index in [1.165, 1.54) is 18.4 Å². The molecule has 92 valence electrons. The van der Waals surface area contributed by atoms with Crippen LogP contribution in [-0.4, -0.2) is 11.2 Å². The summed E-state index contributed by atoms with van der Waals surface area (Å²) in [5, 5.41) is 3.95. The lowest BCUT2D eigenvalue weighted by molar-refractivity contribution is -0.119. The van der Waals surface area contributed by atoms with Crippen molar-refractivity contribution in [3.63, 3.8) is 0 Å². The molecule has 1 amide bonds. The van der Waals surface area contributed by atoms with Gasteiger partial charge >= 0.3 is 0 Å². The Hall–Kier alpha value is -0.830. The Kier molecular flexibility index (Phi) is 4.21. The van der Waals surface area contributed by atoms with Crippen molar-refractivity contribution >= 4 is 27.5 Å². The fraction of sp³-hybridized carbons (Fsp3) is 0.500. The Bertz CT molecular complexity index is 384. The van der Waals surface area contributed by atoms with Gasteiger partial charge in [0.15, 0.2) is 0 Å². The highest BCUT2D eigenvalue weighted by Crippen LogP contribution is 2.37. The molecule has 0 heterocycles. The summed E-state index contributed by atoms with van der Waals surface area (Å²) in [6, 6.07) is 8.10. The van der Waals surface area contributed by atoms with E-state index in [9.17, 15) is 4.79 Å². The summed E-state index contributed by atoms with van der Waals surface area (Å²) in [5.41, 5.74) is 2.19. The van der Waals surface area contributed by atoms with Gasteiger partial charge in [-0.05, 0) is 42.9 Å². The molecule has 0 aromatic heterocycles. The summed E-state index contributed by atoms with van der Waals surface area (Å²) in [6.07, 6.45) is 3.43. The van der Waals surface area contributed by atoms with Crippen LogP contribution in [0.3, 0.4) is 0 Å². The lowest BCUT2D eigenvalue weighted by atomic mass is 10.1. The van der Waals surface area contributed by atoms with Gasteiger partial charge in [-0.2, -0.15) is 0 Å². The predicted octanol–water partition coefficient (Wildman–Crippen LogP) is 3.61. The molecule has 2 nitrogen and oxygen atoms in total. The number of hydrogen-bond acceptors (Lipinski definition) is 1. The fourth-order valence-corrected chi connectivity index (χ4v) is 2.39. The molecule has 1 saturated carbocycles. The van der Waals surface area contributed by atoms with E-state index in [-0.39, 0.29) is 11.8 Å².